The third-order valence-electron chi connectivity index (χ3n) is 3.20. The van der Waals surface area contributed by atoms with Crippen LogP contribution >= 0.6 is 0 Å². The number of carbonyl (C=O) groups is 1. The van der Waals surface area contributed by atoms with Crippen molar-refractivity contribution in [1.29, 1.82) is 0 Å². The average Bonchev–Trinajstić information content (AvgIpc) is 2.63. The molecule has 6 heteroatoms. The van der Waals surface area contributed by atoms with E-state index in [1.54, 1.807) is 0 Å². The van der Waals surface area contributed by atoms with E-state index < -0.39 is 17.7 Å². The van der Waals surface area contributed by atoms with Gasteiger partial charge in [-0.2, -0.15) is 0 Å². The van der Waals surface area contributed by atoms with Gasteiger partial charge in [-0.05, 0) is 11.6 Å². The molecule has 4 nitrogen and oxygen atoms in total. The Morgan fingerprint density at radius 3 is 2.60 bits per heavy atom. The normalized spacial score (nSPS) is 9.72. The number of amides is 1. The van der Waals surface area contributed by atoms with E-state index in [0.717, 1.165) is 17.7 Å². The smallest absolute Gasteiger partial charge is 0.407 e. The standard InChI is InChI=1S/C19H17F2NO3/c1-24-18-12-17(21)16(20)11-15(18)9-5-6-10-22-19(23)25-13-14-7-3-2-4-8-14/h2-4,7-8,11-12H,6,10,13H2,1H3,(H,22,23). The molecular weight excluding hydrogens is 328 g/mol. The van der Waals surface area contributed by atoms with Crippen LogP contribution in [-0.2, 0) is 11.3 Å². The molecule has 0 aromatic heterocycles. The Morgan fingerprint density at radius 1 is 1.16 bits per heavy atom. The van der Waals surface area contributed by atoms with Gasteiger partial charge in [0.1, 0.15) is 12.4 Å². The van der Waals surface area contributed by atoms with Gasteiger partial charge in [0.2, 0.25) is 0 Å². The summed E-state index contributed by atoms with van der Waals surface area (Å²) in [6.07, 6.45) is -0.223. The van der Waals surface area contributed by atoms with Crippen molar-refractivity contribution in [1.82, 2.24) is 5.32 Å². The van der Waals surface area contributed by atoms with Gasteiger partial charge in [-0.3, -0.25) is 0 Å². The fraction of sp³-hybridized carbons (Fsp3) is 0.211. The number of benzene rings is 2. The molecule has 0 bridgehead atoms. The summed E-state index contributed by atoms with van der Waals surface area (Å²) in [4.78, 5) is 11.5. The van der Waals surface area contributed by atoms with Crippen molar-refractivity contribution in [2.75, 3.05) is 13.7 Å². The zero-order valence-corrected chi connectivity index (χ0v) is 13.6. The third-order valence-corrected chi connectivity index (χ3v) is 3.20. The summed E-state index contributed by atoms with van der Waals surface area (Å²) in [6, 6.07) is 11.2. The zero-order valence-electron chi connectivity index (χ0n) is 13.6. The van der Waals surface area contributed by atoms with E-state index in [2.05, 4.69) is 17.2 Å². The van der Waals surface area contributed by atoms with E-state index >= 15 is 0 Å². The molecule has 2 aromatic rings. The largest absolute Gasteiger partial charge is 0.495 e. The molecule has 130 valence electrons. The summed E-state index contributed by atoms with van der Waals surface area (Å²) < 4.78 is 36.3. The van der Waals surface area contributed by atoms with Crippen LogP contribution in [-0.4, -0.2) is 19.7 Å². The van der Waals surface area contributed by atoms with Crippen LogP contribution in [0.5, 0.6) is 5.75 Å². The fourth-order valence-electron chi connectivity index (χ4n) is 1.95. The van der Waals surface area contributed by atoms with Gasteiger partial charge >= 0.3 is 6.09 Å². The first-order chi connectivity index (χ1) is 12.1. The Kier molecular flexibility index (Phi) is 6.78. The lowest BCUT2D eigenvalue weighted by Crippen LogP contribution is -2.24. The van der Waals surface area contributed by atoms with Gasteiger partial charge in [-0.1, -0.05) is 42.2 Å². The SMILES string of the molecule is COc1cc(F)c(F)cc1C#CCCNC(=O)OCc1ccccc1. The minimum atomic E-state index is -0.995. The molecule has 0 aliphatic rings. The Morgan fingerprint density at radius 2 is 1.88 bits per heavy atom. The van der Waals surface area contributed by atoms with E-state index in [1.165, 1.54) is 7.11 Å². The molecule has 25 heavy (non-hydrogen) atoms. The lowest BCUT2D eigenvalue weighted by atomic mass is 10.2. The van der Waals surface area contributed by atoms with Crippen LogP contribution in [0.4, 0.5) is 13.6 Å². The minimum Gasteiger partial charge on any atom is -0.495 e. The maximum Gasteiger partial charge on any atom is 0.407 e. The summed E-state index contributed by atoms with van der Waals surface area (Å²) in [6.45, 7) is 0.455. The summed E-state index contributed by atoms with van der Waals surface area (Å²) in [7, 11) is 1.35. The van der Waals surface area contributed by atoms with Crippen molar-refractivity contribution in [3.8, 4) is 17.6 Å². The second-order valence-corrected chi connectivity index (χ2v) is 5.01. The molecule has 1 N–H and O–H groups in total. The number of hydrogen-bond acceptors (Lipinski definition) is 3. The van der Waals surface area contributed by atoms with Crippen LogP contribution in [0, 0.1) is 23.5 Å². The number of alkyl carbamates (subject to hydrolysis) is 1. The Balaban J connectivity index is 1.77. The Hall–Kier alpha value is -3.07. The van der Waals surface area contributed by atoms with Crippen molar-refractivity contribution in [2.24, 2.45) is 0 Å². The quantitative estimate of drug-likeness (QED) is 0.665. The fourth-order valence-corrected chi connectivity index (χ4v) is 1.95. The van der Waals surface area contributed by atoms with E-state index in [1.807, 2.05) is 30.3 Å². The molecule has 0 saturated carbocycles. The Labute approximate surface area is 144 Å². The number of ether oxygens (including phenoxy) is 2. The summed E-state index contributed by atoms with van der Waals surface area (Å²) in [5.41, 5.74) is 1.14. The molecular formula is C19H17F2NO3. The first-order valence-electron chi connectivity index (χ1n) is 7.56. The monoisotopic (exact) mass is 345 g/mol. The predicted octanol–water partition coefficient (Wildman–Crippen LogP) is 3.64. The van der Waals surface area contributed by atoms with E-state index in [4.69, 9.17) is 9.47 Å². The number of halogens is 2. The maximum atomic E-state index is 13.2. The summed E-state index contributed by atoms with van der Waals surface area (Å²) >= 11 is 0. The maximum absolute atomic E-state index is 13.2. The van der Waals surface area contributed by atoms with Crippen LogP contribution in [0.2, 0.25) is 0 Å². The van der Waals surface area contributed by atoms with Gasteiger partial charge in [0.15, 0.2) is 11.6 Å². The second-order valence-electron chi connectivity index (χ2n) is 5.01. The Bertz CT molecular complexity index is 782. The van der Waals surface area contributed by atoms with E-state index in [-0.39, 0.29) is 24.5 Å². The highest BCUT2D eigenvalue weighted by Gasteiger charge is 2.08. The van der Waals surface area contributed by atoms with Crippen molar-refractivity contribution < 1.29 is 23.0 Å². The number of carbonyl (C=O) groups excluding carboxylic acids is 1. The van der Waals surface area contributed by atoms with Gasteiger partial charge in [0.25, 0.3) is 0 Å². The van der Waals surface area contributed by atoms with E-state index in [0.29, 0.717) is 6.42 Å². The summed E-state index contributed by atoms with van der Waals surface area (Å²) in [5, 5.41) is 2.56. The minimum absolute atomic E-state index is 0.154. The molecule has 1 amide bonds. The highest BCUT2D eigenvalue weighted by Crippen LogP contribution is 2.21. The molecule has 0 aliphatic carbocycles. The van der Waals surface area contributed by atoms with Gasteiger partial charge in [-0.15, -0.1) is 0 Å². The van der Waals surface area contributed by atoms with Crippen LogP contribution in [0.25, 0.3) is 0 Å². The number of hydrogen-bond donors (Lipinski definition) is 1. The second kappa shape index (κ2) is 9.28. The molecule has 0 aliphatic heterocycles. The van der Waals surface area contributed by atoms with E-state index in [9.17, 15) is 13.6 Å². The van der Waals surface area contributed by atoms with Gasteiger partial charge in [-0.25, -0.2) is 13.6 Å². The molecule has 0 atom stereocenters. The average molecular weight is 345 g/mol. The van der Waals surface area contributed by atoms with Crippen LogP contribution in [0.3, 0.4) is 0 Å². The molecule has 2 aromatic carbocycles. The molecule has 0 spiro atoms. The number of rotatable bonds is 5. The lowest BCUT2D eigenvalue weighted by molar-refractivity contribution is 0.140. The molecule has 0 saturated heterocycles. The van der Waals surface area contributed by atoms with Crippen molar-refractivity contribution in [3.63, 3.8) is 0 Å². The first-order valence-corrected chi connectivity index (χ1v) is 7.56. The van der Waals surface area contributed by atoms with Gasteiger partial charge in [0.05, 0.1) is 12.7 Å². The van der Waals surface area contributed by atoms with Gasteiger partial charge in [0, 0.05) is 19.0 Å². The van der Waals surface area contributed by atoms with Crippen LogP contribution < -0.4 is 10.1 Å². The zero-order chi connectivity index (χ0) is 18.1. The molecule has 0 heterocycles. The molecule has 2 rings (SSSR count). The topological polar surface area (TPSA) is 47.6 Å². The molecule has 0 fully saturated rings. The number of methoxy groups -OCH3 is 1. The van der Waals surface area contributed by atoms with Crippen molar-refractivity contribution >= 4 is 6.09 Å². The molecule has 0 unspecified atom stereocenters. The third kappa shape index (κ3) is 5.81. The summed E-state index contributed by atoms with van der Waals surface area (Å²) in [5.74, 6) is 3.62. The number of nitrogens with one attached hydrogen (secondary N) is 1. The highest BCUT2D eigenvalue weighted by atomic mass is 19.2. The molecule has 0 radical (unpaired) electrons. The van der Waals surface area contributed by atoms with Crippen molar-refractivity contribution in [2.45, 2.75) is 13.0 Å². The van der Waals surface area contributed by atoms with Crippen LogP contribution in [0.1, 0.15) is 17.5 Å². The van der Waals surface area contributed by atoms with Gasteiger partial charge < -0.3 is 14.8 Å². The van der Waals surface area contributed by atoms with Crippen LogP contribution in [0.15, 0.2) is 42.5 Å². The predicted molar refractivity (Wildman–Crippen MR) is 89.0 cm³/mol. The van der Waals surface area contributed by atoms with Crippen molar-refractivity contribution in [3.05, 3.63) is 65.2 Å². The lowest BCUT2D eigenvalue weighted by Gasteiger charge is -2.05. The highest BCUT2D eigenvalue weighted by molar-refractivity contribution is 5.67. The first kappa shape index (κ1) is 18.3.